The molecule has 7 nitrogen and oxygen atoms in total. The number of rotatable bonds is 7. The van der Waals surface area contributed by atoms with Crippen LogP contribution in [-0.2, 0) is 14.3 Å². The molecule has 7 heteroatoms. The van der Waals surface area contributed by atoms with Gasteiger partial charge in [0.25, 0.3) is 0 Å². The molecule has 0 aliphatic heterocycles. The lowest BCUT2D eigenvalue weighted by Gasteiger charge is -2.59. The molecule has 0 unspecified atom stereocenters. The molecule has 0 atom stereocenters. The van der Waals surface area contributed by atoms with Gasteiger partial charge in [0.1, 0.15) is 12.1 Å². The van der Waals surface area contributed by atoms with Gasteiger partial charge in [0.2, 0.25) is 5.91 Å². The van der Waals surface area contributed by atoms with Crippen molar-refractivity contribution >= 4 is 18.0 Å². The van der Waals surface area contributed by atoms with E-state index in [1.165, 1.54) is 0 Å². The topological polar surface area (TPSA) is 105 Å². The molecule has 3 aliphatic rings. The predicted octanol–water partition coefficient (Wildman–Crippen LogP) is 3.82. The zero-order valence-corrected chi connectivity index (χ0v) is 18.4. The molecule has 3 N–H and O–H groups in total. The first-order valence-electron chi connectivity index (χ1n) is 11.5. The highest BCUT2D eigenvalue weighted by Gasteiger charge is 2.61. The van der Waals surface area contributed by atoms with Crippen LogP contribution in [0.1, 0.15) is 55.6 Å². The quantitative estimate of drug-likeness (QED) is 0.597. The van der Waals surface area contributed by atoms with Gasteiger partial charge >= 0.3 is 12.1 Å². The van der Waals surface area contributed by atoms with Gasteiger partial charge in [-0.15, -0.1) is 0 Å². The number of ether oxygens (including phenoxy) is 1. The van der Waals surface area contributed by atoms with E-state index >= 15 is 0 Å². The second-order valence-electron chi connectivity index (χ2n) is 9.64. The van der Waals surface area contributed by atoms with E-state index in [4.69, 9.17) is 4.74 Å². The van der Waals surface area contributed by atoms with Crippen molar-refractivity contribution in [2.75, 3.05) is 13.2 Å². The fourth-order valence-electron chi connectivity index (χ4n) is 5.81. The van der Waals surface area contributed by atoms with Crippen LogP contribution in [0.4, 0.5) is 4.79 Å². The van der Waals surface area contributed by atoms with Crippen LogP contribution in [0.15, 0.2) is 48.5 Å². The number of hydrogen-bond donors (Lipinski definition) is 3. The van der Waals surface area contributed by atoms with Gasteiger partial charge in [0, 0.05) is 18.9 Å². The maximum absolute atomic E-state index is 12.3. The maximum atomic E-state index is 12.3. The molecule has 0 aromatic heterocycles. The molecule has 3 aliphatic carbocycles. The van der Waals surface area contributed by atoms with E-state index in [-0.39, 0.29) is 36.8 Å². The summed E-state index contributed by atoms with van der Waals surface area (Å²) in [4.78, 5) is 36.3. The summed E-state index contributed by atoms with van der Waals surface area (Å²) in [6.07, 6.45) is 3.64. The van der Waals surface area contributed by atoms with E-state index in [2.05, 4.69) is 34.9 Å². The number of nitrogens with one attached hydrogen (secondary N) is 2. The summed E-state index contributed by atoms with van der Waals surface area (Å²) in [5.41, 5.74) is 3.55. The summed E-state index contributed by atoms with van der Waals surface area (Å²) < 4.78 is 5.47. The summed E-state index contributed by atoms with van der Waals surface area (Å²) in [7, 11) is 0. The van der Waals surface area contributed by atoms with Crippen molar-refractivity contribution in [3.8, 4) is 11.1 Å². The van der Waals surface area contributed by atoms with E-state index in [0.717, 1.165) is 41.5 Å². The Morgan fingerprint density at radius 2 is 1.58 bits per heavy atom. The molecule has 2 fully saturated rings. The first-order chi connectivity index (χ1) is 15.9. The van der Waals surface area contributed by atoms with Crippen LogP contribution in [0.2, 0.25) is 0 Å². The number of aliphatic carboxylic acids is 1. The van der Waals surface area contributed by atoms with Gasteiger partial charge in [-0.25, -0.2) is 9.59 Å². The van der Waals surface area contributed by atoms with Crippen molar-refractivity contribution in [3.05, 3.63) is 59.7 Å². The lowest BCUT2D eigenvalue weighted by atomic mass is 9.48. The minimum Gasteiger partial charge on any atom is -0.480 e. The summed E-state index contributed by atoms with van der Waals surface area (Å²) in [6, 6.07) is 16.2. The molecule has 2 amide bonds. The number of benzene rings is 2. The van der Waals surface area contributed by atoms with Crippen molar-refractivity contribution in [2.45, 2.75) is 50.0 Å². The summed E-state index contributed by atoms with van der Waals surface area (Å²) in [6.45, 7) is 0.291. The minimum atomic E-state index is -1.15. The number of carboxylic acid groups (broad SMARTS) is 1. The average molecular weight is 449 g/mol. The number of carbonyl (C=O) groups is 3. The molecule has 2 aromatic rings. The molecule has 0 radical (unpaired) electrons. The van der Waals surface area contributed by atoms with Crippen LogP contribution in [0, 0.1) is 5.41 Å². The Hall–Kier alpha value is -3.35. The Kier molecular flexibility index (Phi) is 5.35. The Balaban J connectivity index is 1.09. The third-order valence-electron chi connectivity index (χ3n) is 7.52. The van der Waals surface area contributed by atoms with Crippen LogP contribution >= 0.6 is 0 Å². The second-order valence-corrected chi connectivity index (χ2v) is 9.64. The summed E-state index contributed by atoms with van der Waals surface area (Å²) in [5, 5.41) is 14.9. The maximum Gasteiger partial charge on any atom is 0.407 e. The van der Waals surface area contributed by atoms with Gasteiger partial charge in [-0.05, 0) is 53.4 Å². The number of carboxylic acids is 1. The second kappa shape index (κ2) is 8.21. The molecule has 0 saturated heterocycles. The number of amides is 2. The highest BCUT2D eigenvalue weighted by Crippen LogP contribution is 2.60. The van der Waals surface area contributed by atoms with Crippen LogP contribution < -0.4 is 10.6 Å². The van der Waals surface area contributed by atoms with E-state index in [9.17, 15) is 19.5 Å². The minimum absolute atomic E-state index is 0.00618. The molecule has 2 aromatic carbocycles. The molecule has 33 heavy (non-hydrogen) atoms. The van der Waals surface area contributed by atoms with E-state index < -0.39 is 17.6 Å². The Morgan fingerprint density at radius 1 is 0.970 bits per heavy atom. The van der Waals surface area contributed by atoms with E-state index in [1.807, 2.05) is 24.3 Å². The molecule has 1 spiro atoms. The number of carbonyl (C=O) groups excluding carboxylic acids is 2. The Morgan fingerprint density at radius 3 is 2.12 bits per heavy atom. The monoisotopic (exact) mass is 448 g/mol. The summed E-state index contributed by atoms with van der Waals surface area (Å²) >= 11 is 0. The zero-order chi connectivity index (χ0) is 23.1. The number of alkyl carbamates (subject to hydrolysis) is 1. The van der Waals surface area contributed by atoms with E-state index in [1.54, 1.807) is 0 Å². The van der Waals surface area contributed by atoms with Gasteiger partial charge in [0.05, 0.1) is 0 Å². The largest absolute Gasteiger partial charge is 0.480 e. The van der Waals surface area contributed by atoms with Gasteiger partial charge in [-0.2, -0.15) is 0 Å². The lowest BCUT2D eigenvalue weighted by Crippen LogP contribution is -2.68. The normalized spacial score (nSPS) is 18.9. The molecule has 5 rings (SSSR count). The van der Waals surface area contributed by atoms with Gasteiger partial charge < -0.3 is 20.5 Å². The van der Waals surface area contributed by atoms with E-state index in [0.29, 0.717) is 12.8 Å². The SMILES string of the molecule is O=C(CCNC(=O)OCC1c2ccccc2-c2ccccc21)NC1(C(=O)O)CC2(CCC2)C1. The highest BCUT2D eigenvalue weighted by molar-refractivity contribution is 5.88. The Bertz CT molecular complexity index is 1050. The van der Waals surface area contributed by atoms with Gasteiger partial charge in [-0.3, -0.25) is 4.79 Å². The van der Waals surface area contributed by atoms with Crippen molar-refractivity contribution < 1.29 is 24.2 Å². The van der Waals surface area contributed by atoms with Gasteiger partial charge in [0.15, 0.2) is 0 Å². The van der Waals surface area contributed by atoms with Crippen LogP contribution in [-0.4, -0.2) is 41.8 Å². The smallest absolute Gasteiger partial charge is 0.407 e. The first kappa shape index (κ1) is 21.5. The highest BCUT2D eigenvalue weighted by atomic mass is 16.5. The van der Waals surface area contributed by atoms with Crippen molar-refractivity contribution in [1.29, 1.82) is 0 Å². The van der Waals surface area contributed by atoms with Gasteiger partial charge in [-0.1, -0.05) is 55.0 Å². The standard InChI is InChI=1S/C26H28N2O5/c29-22(28-26(23(30)31)15-25(16-26)11-5-12-25)10-13-27-24(32)33-14-21-19-8-3-1-6-17(19)18-7-2-4-9-20(18)21/h1-4,6-9,21H,5,10-16H2,(H,27,32)(H,28,29)(H,30,31). The molecule has 0 heterocycles. The molecule has 0 bridgehead atoms. The molecular weight excluding hydrogens is 420 g/mol. The predicted molar refractivity (Wildman–Crippen MR) is 122 cm³/mol. The first-order valence-corrected chi connectivity index (χ1v) is 11.5. The third-order valence-corrected chi connectivity index (χ3v) is 7.52. The summed E-state index contributed by atoms with van der Waals surface area (Å²) in [5.74, 6) is -1.37. The Labute approximate surface area is 192 Å². The lowest BCUT2D eigenvalue weighted by molar-refractivity contribution is -0.165. The fraction of sp³-hybridized carbons (Fsp3) is 0.423. The van der Waals surface area contributed by atoms with Crippen molar-refractivity contribution in [3.63, 3.8) is 0 Å². The number of hydrogen-bond acceptors (Lipinski definition) is 4. The average Bonchev–Trinajstić information content (AvgIpc) is 3.07. The zero-order valence-electron chi connectivity index (χ0n) is 18.4. The molecule has 2 saturated carbocycles. The molecular formula is C26H28N2O5. The number of fused-ring (bicyclic) bond motifs is 3. The third kappa shape index (κ3) is 3.86. The van der Waals surface area contributed by atoms with Crippen LogP contribution in [0.5, 0.6) is 0 Å². The fourth-order valence-corrected chi connectivity index (χ4v) is 5.81. The molecule has 172 valence electrons. The van der Waals surface area contributed by atoms with Crippen LogP contribution in [0.3, 0.4) is 0 Å². The van der Waals surface area contributed by atoms with Crippen molar-refractivity contribution in [2.24, 2.45) is 5.41 Å². The van der Waals surface area contributed by atoms with Crippen molar-refractivity contribution in [1.82, 2.24) is 10.6 Å². The van der Waals surface area contributed by atoms with Crippen LogP contribution in [0.25, 0.3) is 11.1 Å².